The van der Waals surface area contributed by atoms with Crippen LogP contribution in [0.15, 0.2) is 53.4 Å². The number of para-hydroxylation sites is 1. The average molecular weight is 259 g/mol. The molecule has 2 rings (SSSR count). The lowest BCUT2D eigenvalue weighted by atomic mass is 10.1. The molecule has 0 saturated carbocycles. The number of nitrogen functional groups attached to an aromatic ring is 1. The van der Waals surface area contributed by atoms with E-state index in [0.717, 1.165) is 21.9 Å². The van der Waals surface area contributed by atoms with Crippen molar-refractivity contribution in [2.45, 2.75) is 17.9 Å². The van der Waals surface area contributed by atoms with Crippen LogP contribution in [0.5, 0.6) is 5.75 Å². The van der Waals surface area contributed by atoms with Gasteiger partial charge in [0, 0.05) is 10.6 Å². The summed E-state index contributed by atoms with van der Waals surface area (Å²) in [6, 6.07) is 15.9. The maximum absolute atomic E-state index is 6.00. The van der Waals surface area contributed by atoms with E-state index in [0.29, 0.717) is 0 Å². The summed E-state index contributed by atoms with van der Waals surface area (Å²) in [5, 5.41) is 0. The van der Waals surface area contributed by atoms with E-state index < -0.39 is 0 Å². The van der Waals surface area contributed by atoms with E-state index >= 15 is 0 Å². The number of benzene rings is 2. The Balaban J connectivity index is 2.15. The molecule has 2 nitrogen and oxygen atoms in total. The minimum atomic E-state index is 0.0129. The third kappa shape index (κ3) is 2.99. The molecule has 3 heteroatoms. The van der Waals surface area contributed by atoms with Crippen molar-refractivity contribution >= 4 is 17.4 Å². The smallest absolute Gasteiger partial charge is 0.133 e. The van der Waals surface area contributed by atoms with E-state index in [1.54, 1.807) is 11.8 Å². The minimum absolute atomic E-state index is 0.0129. The standard InChI is InChI=1S/C15H17NOS/c1-11(12-7-9-13(16)10-8-12)17-14-5-3-4-6-15(14)18-2/h3-11H,16H2,1-2H3. The molecule has 2 N–H and O–H groups in total. The molecule has 0 amide bonds. The zero-order valence-corrected chi connectivity index (χ0v) is 11.4. The van der Waals surface area contributed by atoms with E-state index in [4.69, 9.17) is 10.5 Å². The highest BCUT2D eigenvalue weighted by Gasteiger charge is 2.09. The van der Waals surface area contributed by atoms with Crippen LogP contribution in [-0.4, -0.2) is 6.26 Å². The number of thioether (sulfide) groups is 1. The van der Waals surface area contributed by atoms with Crippen molar-refractivity contribution in [3.05, 3.63) is 54.1 Å². The van der Waals surface area contributed by atoms with Gasteiger partial charge in [0.05, 0.1) is 0 Å². The van der Waals surface area contributed by atoms with Gasteiger partial charge in [-0.15, -0.1) is 11.8 Å². The Morgan fingerprint density at radius 2 is 1.72 bits per heavy atom. The summed E-state index contributed by atoms with van der Waals surface area (Å²) in [4.78, 5) is 1.15. The van der Waals surface area contributed by atoms with Gasteiger partial charge >= 0.3 is 0 Å². The molecule has 0 radical (unpaired) electrons. The molecule has 0 aromatic heterocycles. The van der Waals surface area contributed by atoms with Gasteiger partial charge in [0.15, 0.2) is 0 Å². The van der Waals surface area contributed by atoms with Crippen LogP contribution in [0.2, 0.25) is 0 Å². The first-order valence-corrected chi connectivity index (χ1v) is 7.08. The van der Waals surface area contributed by atoms with Crippen LogP contribution in [0.25, 0.3) is 0 Å². The summed E-state index contributed by atoms with van der Waals surface area (Å²) in [5.41, 5.74) is 7.58. The molecule has 18 heavy (non-hydrogen) atoms. The molecule has 1 unspecified atom stereocenters. The van der Waals surface area contributed by atoms with Crippen LogP contribution in [0.4, 0.5) is 5.69 Å². The third-order valence-electron chi connectivity index (χ3n) is 2.78. The summed E-state index contributed by atoms with van der Waals surface area (Å²) in [5.74, 6) is 0.925. The largest absolute Gasteiger partial charge is 0.485 e. The van der Waals surface area contributed by atoms with E-state index in [9.17, 15) is 0 Å². The second-order valence-electron chi connectivity index (χ2n) is 4.08. The number of rotatable bonds is 4. The predicted molar refractivity (Wildman–Crippen MR) is 78.1 cm³/mol. The number of hydrogen-bond donors (Lipinski definition) is 1. The molecular formula is C15H17NOS. The number of hydrogen-bond acceptors (Lipinski definition) is 3. The van der Waals surface area contributed by atoms with Crippen molar-refractivity contribution in [1.82, 2.24) is 0 Å². The van der Waals surface area contributed by atoms with Gasteiger partial charge in [-0.05, 0) is 43.0 Å². The van der Waals surface area contributed by atoms with E-state index in [1.165, 1.54) is 0 Å². The van der Waals surface area contributed by atoms with Crippen molar-refractivity contribution < 1.29 is 4.74 Å². The molecule has 0 aliphatic carbocycles. The molecule has 2 aromatic rings. The molecule has 94 valence electrons. The molecule has 1 atom stereocenters. The molecule has 2 aromatic carbocycles. The Labute approximate surface area is 112 Å². The van der Waals surface area contributed by atoms with Crippen LogP contribution in [0, 0.1) is 0 Å². The summed E-state index contributed by atoms with van der Waals surface area (Å²) in [7, 11) is 0. The lowest BCUT2D eigenvalue weighted by molar-refractivity contribution is 0.221. The molecule has 0 saturated heterocycles. The Morgan fingerprint density at radius 3 is 2.39 bits per heavy atom. The van der Waals surface area contributed by atoms with Gasteiger partial charge in [0.2, 0.25) is 0 Å². The lowest BCUT2D eigenvalue weighted by Gasteiger charge is -2.17. The van der Waals surface area contributed by atoms with Gasteiger partial charge < -0.3 is 10.5 Å². The maximum atomic E-state index is 6.00. The molecule has 0 aliphatic rings. The highest BCUT2D eigenvalue weighted by Crippen LogP contribution is 2.30. The van der Waals surface area contributed by atoms with Crippen LogP contribution < -0.4 is 10.5 Å². The van der Waals surface area contributed by atoms with Crippen LogP contribution in [-0.2, 0) is 0 Å². The van der Waals surface area contributed by atoms with Crippen molar-refractivity contribution in [3.63, 3.8) is 0 Å². The van der Waals surface area contributed by atoms with E-state index in [2.05, 4.69) is 12.3 Å². The molecule has 0 aliphatic heterocycles. The van der Waals surface area contributed by atoms with Crippen LogP contribution >= 0.6 is 11.8 Å². The highest BCUT2D eigenvalue weighted by molar-refractivity contribution is 7.98. The van der Waals surface area contributed by atoms with Crippen molar-refractivity contribution in [3.8, 4) is 5.75 Å². The SMILES string of the molecule is CSc1ccccc1OC(C)c1ccc(N)cc1. The normalized spacial score (nSPS) is 12.1. The van der Waals surface area contributed by atoms with Crippen molar-refractivity contribution in [2.75, 3.05) is 12.0 Å². The number of anilines is 1. The van der Waals surface area contributed by atoms with Gasteiger partial charge in [-0.3, -0.25) is 0 Å². The first-order valence-electron chi connectivity index (χ1n) is 5.86. The Morgan fingerprint density at radius 1 is 1.06 bits per heavy atom. The van der Waals surface area contributed by atoms with Gasteiger partial charge in [-0.2, -0.15) is 0 Å². The van der Waals surface area contributed by atoms with Gasteiger partial charge in [-0.1, -0.05) is 24.3 Å². The Kier molecular flexibility index (Phi) is 4.15. The topological polar surface area (TPSA) is 35.2 Å². The fraction of sp³-hybridized carbons (Fsp3) is 0.200. The molecule has 0 spiro atoms. The Bertz CT molecular complexity index is 510. The summed E-state index contributed by atoms with van der Waals surface area (Å²) in [6.07, 6.45) is 2.06. The monoisotopic (exact) mass is 259 g/mol. The minimum Gasteiger partial charge on any atom is -0.485 e. The molecular weight excluding hydrogens is 242 g/mol. The predicted octanol–water partition coefficient (Wildman–Crippen LogP) is 4.13. The summed E-state index contributed by atoms with van der Waals surface area (Å²) in [6.45, 7) is 2.04. The summed E-state index contributed by atoms with van der Waals surface area (Å²) >= 11 is 1.69. The number of ether oxygens (including phenoxy) is 1. The second kappa shape index (κ2) is 5.83. The third-order valence-corrected chi connectivity index (χ3v) is 3.56. The maximum Gasteiger partial charge on any atom is 0.133 e. The average Bonchev–Trinajstić information content (AvgIpc) is 2.40. The van der Waals surface area contributed by atoms with Crippen molar-refractivity contribution in [1.29, 1.82) is 0 Å². The zero-order chi connectivity index (χ0) is 13.0. The highest BCUT2D eigenvalue weighted by atomic mass is 32.2. The van der Waals surface area contributed by atoms with Crippen LogP contribution in [0.3, 0.4) is 0 Å². The van der Waals surface area contributed by atoms with E-state index in [-0.39, 0.29) is 6.10 Å². The lowest BCUT2D eigenvalue weighted by Crippen LogP contribution is -2.03. The van der Waals surface area contributed by atoms with Gasteiger partial charge in [-0.25, -0.2) is 0 Å². The second-order valence-corrected chi connectivity index (χ2v) is 4.93. The number of nitrogens with two attached hydrogens (primary N) is 1. The van der Waals surface area contributed by atoms with E-state index in [1.807, 2.05) is 49.4 Å². The first kappa shape index (κ1) is 12.8. The van der Waals surface area contributed by atoms with Crippen LogP contribution in [0.1, 0.15) is 18.6 Å². The van der Waals surface area contributed by atoms with Gasteiger partial charge in [0.1, 0.15) is 11.9 Å². The zero-order valence-electron chi connectivity index (χ0n) is 10.6. The molecule has 0 heterocycles. The Hall–Kier alpha value is -1.61. The van der Waals surface area contributed by atoms with Gasteiger partial charge in [0.25, 0.3) is 0 Å². The first-order chi connectivity index (χ1) is 8.70. The fourth-order valence-corrected chi connectivity index (χ4v) is 2.27. The van der Waals surface area contributed by atoms with Crippen molar-refractivity contribution in [2.24, 2.45) is 0 Å². The molecule has 0 bridgehead atoms. The quantitative estimate of drug-likeness (QED) is 0.662. The summed E-state index contributed by atoms with van der Waals surface area (Å²) < 4.78 is 6.00. The molecule has 0 fully saturated rings. The fourth-order valence-electron chi connectivity index (χ4n) is 1.74.